The highest BCUT2D eigenvalue weighted by atomic mass is 19.4. The monoisotopic (exact) mass is 388 g/mol. The van der Waals surface area contributed by atoms with Crippen LogP contribution in [-0.4, -0.2) is 54.4 Å². The van der Waals surface area contributed by atoms with Crippen LogP contribution in [-0.2, 0) is 20.7 Å². The zero-order valence-electron chi connectivity index (χ0n) is 14.5. The summed E-state index contributed by atoms with van der Waals surface area (Å²) in [5.74, 6) is -5.71. The van der Waals surface area contributed by atoms with Crippen molar-refractivity contribution in [2.75, 3.05) is 25.5 Å². The molecule has 2 atom stereocenters. The number of likely N-dealkylation sites (tertiary alicyclic amines) is 1. The van der Waals surface area contributed by atoms with Crippen molar-refractivity contribution in [3.05, 3.63) is 29.8 Å². The number of carbonyl (C=O) groups is 3. The molecule has 1 aliphatic rings. The van der Waals surface area contributed by atoms with Crippen LogP contribution in [0.2, 0.25) is 0 Å². The van der Waals surface area contributed by atoms with E-state index in [2.05, 4.69) is 10.1 Å². The Morgan fingerprint density at radius 3 is 2.33 bits per heavy atom. The molecule has 0 spiro atoms. The molecule has 10 heteroatoms. The third-order valence-corrected chi connectivity index (χ3v) is 4.40. The van der Waals surface area contributed by atoms with E-state index in [1.807, 2.05) is 0 Å². The standard InChI is InChI=1S/C17H19F3N2O5/c1-27-14(23)7-4-10-2-5-11(6-3-10)21-16(26)22-8-12(15(24)25)13(9-22)17(18,19)20/h2-3,5-6,12-13H,4,7-9H2,1H3,(H,21,26)(H,24,25)/t12-,13-/m1/s1. The highest BCUT2D eigenvalue weighted by Crippen LogP contribution is 2.37. The van der Waals surface area contributed by atoms with Gasteiger partial charge in [0.1, 0.15) is 0 Å². The Kier molecular flexibility index (Phi) is 6.29. The van der Waals surface area contributed by atoms with Gasteiger partial charge in [-0.15, -0.1) is 0 Å². The van der Waals surface area contributed by atoms with Crippen molar-refractivity contribution in [2.45, 2.75) is 19.0 Å². The van der Waals surface area contributed by atoms with Gasteiger partial charge in [-0.1, -0.05) is 12.1 Å². The van der Waals surface area contributed by atoms with Gasteiger partial charge in [-0.25, -0.2) is 4.79 Å². The van der Waals surface area contributed by atoms with Crippen molar-refractivity contribution in [1.82, 2.24) is 4.90 Å². The molecular weight excluding hydrogens is 369 g/mol. The van der Waals surface area contributed by atoms with Gasteiger partial charge in [0.2, 0.25) is 0 Å². The van der Waals surface area contributed by atoms with Gasteiger partial charge in [0.05, 0.1) is 18.9 Å². The number of benzene rings is 1. The highest BCUT2D eigenvalue weighted by Gasteiger charge is 2.53. The third-order valence-electron chi connectivity index (χ3n) is 4.40. The van der Waals surface area contributed by atoms with Gasteiger partial charge in [0.15, 0.2) is 0 Å². The van der Waals surface area contributed by atoms with Gasteiger partial charge in [-0.2, -0.15) is 13.2 Å². The molecule has 1 heterocycles. The maximum atomic E-state index is 13.0. The normalized spacial score (nSPS) is 19.6. The summed E-state index contributed by atoms with van der Waals surface area (Å²) in [7, 11) is 1.29. The summed E-state index contributed by atoms with van der Waals surface area (Å²) < 4.78 is 43.5. The Bertz CT molecular complexity index is 706. The van der Waals surface area contributed by atoms with Crippen LogP contribution in [0.5, 0.6) is 0 Å². The largest absolute Gasteiger partial charge is 0.481 e. The van der Waals surface area contributed by atoms with Crippen LogP contribution in [0.1, 0.15) is 12.0 Å². The molecule has 7 nitrogen and oxygen atoms in total. The van der Waals surface area contributed by atoms with Crippen molar-refractivity contribution >= 4 is 23.7 Å². The number of esters is 1. The lowest BCUT2D eigenvalue weighted by Gasteiger charge is -2.18. The highest BCUT2D eigenvalue weighted by molar-refractivity contribution is 5.90. The summed E-state index contributed by atoms with van der Waals surface area (Å²) in [5, 5.41) is 11.4. The number of amides is 2. The van der Waals surface area contributed by atoms with E-state index >= 15 is 0 Å². The van der Waals surface area contributed by atoms with E-state index in [1.165, 1.54) is 7.11 Å². The molecule has 0 unspecified atom stereocenters. The number of hydrogen-bond donors (Lipinski definition) is 2. The van der Waals surface area contributed by atoms with E-state index in [0.717, 1.165) is 10.5 Å². The van der Waals surface area contributed by atoms with Crippen LogP contribution < -0.4 is 5.32 Å². The topological polar surface area (TPSA) is 95.9 Å². The number of rotatable bonds is 5. The first kappa shape index (κ1) is 20.5. The maximum Gasteiger partial charge on any atom is 0.394 e. The predicted octanol–water partition coefficient (Wildman–Crippen LogP) is 2.52. The smallest absolute Gasteiger partial charge is 0.394 e. The molecule has 1 saturated heterocycles. The molecule has 27 heavy (non-hydrogen) atoms. The first-order valence-corrected chi connectivity index (χ1v) is 8.13. The van der Waals surface area contributed by atoms with Crippen LogP contribution in [0.3, 0.4) is 0 Å². The van der Waals surface area contributed by atoms with E-state index in [4.69, 9.17) is 5.11 Å². The fourth-order valence-electron chi connectivity index (χ4n) is 2.86. The van der Waals surface area contributed by atoms with Crippen molar-refractivity contribution in [2.24, 2.45) is 11.8 Å². The molecule has 2 rings (SSSR count). The number of methoxy groups -OCH3 is 1. The first-order chi connectivity index (χ1) is 12.6. The predicted molar refractivity (Wildman–Crippen MR) is 88.0 cm³/mol. The molecule has 0 aromatic heterocycles. The number of aliphatic carboxylic acids is 1. The number of aryl methyl sites for hydroxylation is 1. The summed E-state index contributed by atoms with van der Waals surface area (Å²) in [6.07, 6.45) is -4.05. The molecule has 1 aromatic rings. The van der Waals surface area contributed by atoms with Gasteiger partial charge in [0.25, 0.3) is 0 Å². The minimum Gasteiger partial charge on any atom is -0.481 e. The van der Waals surface area contributed by atoms with Crippen molar-refractivity contribution in [3.63, 3.8) is 0 Å². The summed E-state index contributed by atoms with van der Waals surface area (Å²) >= 11 is 0. The molecule has 2 amide bonds. The number of urea groups is 1. The van der Waals surface area contributed by atoms with Gasteiger partial charge < -0.3 is 20.1 Å². The molecule has 1 aliphatic heterocycles. The van der Waals surface area contributed by atoms with Gasteiger partial charge in [-0.05, 0) is 24.1 Å². The first-order valence-electron chi connectivity index (χ1n) is 8.13. The Morgan fingerprint density at radius 1 is 1.22 bits per heavy atom. The van der Waals surface area contributed by atoms with Crippen molar-refractivity contribution in [1.29, 1.82) is 0 Å². The summed E-state index contributed by atoms with van der Waals surface area (Å²) in [5.41, 5.74) is 1.17. The Balaban J connectivity index is 1.97. The lowest BCUT2D eigenvalue weighted by atomic mass is 9.96. The second-order valence-electron chi connectivity index (χ2n) is 6.20. The van der Waals surface area contributed by atoms with E-state index < -0.39 is 43.1 Å². The van der Waals surface area contributed by atoms with Crippen molar-refractivity contribution in [3.8, 4) is 0 Å². The van der Waals surface area contributed by atoms with Crippen LogP contribution in [0.25, 0.3) is 0 Å². The number of carboxylic acid groups (broad SMARTS) is 1. The Hall–Kier alpha value is -2.78. The maximum absolute atomic E-state index is 13.0. The summed E-state index contributed by atoms with van der Waals surface area (Å²) in [6.45, 7) is -1.22. The number of alkyl halides is 3. The minimum atomic E-state index is -4.70. The molecule has 2 N–H and O–H groups in total. The summed E-state index contributed by atoms with van der Waals surface area (Å²) in [6, 6.07) is 5.64. The van der Waals surface area contributed by atoms with Crippen LogP contribution in [0.4, 0.5) is 23.7 Å². The zero-order valence-corrected chi connectivity index (χ0v) is 14.5. The number of anilines is 1. The number of ether oxygens (including phenoxy) is 1. The number of halogens is 3. The zero-order chi connectivity index (χ0) is 20.2. The fourth-order valence-corrected chi connectivity index (χ4v) is 2.86. The molecule has 148 valence electrons. The Labute approximate surface area is 153 Å². The minimum absolute atomic E-state index is 0.200. The fraction of sp³-hybridized carbons (Fsp3) is 0.471. The summed E-state index contributed by atoms with van der Waals surface area (Å²) in [4.78, 5) is 35.2. The second-order valence-corrected chi connectivity index (χ2v) is 6.20. The van der Waals surface area contributed by atoms with Crippen LogP contribution in [0, 0.1) is 11.8 Å². The van der Waals surface area contributed by atoms with Gasteiger partial charge in [-0.3, -0.25) is 9.59 Å². The molecule has 1 aromatic carbocycles. The second kappa shape index (κ2) is 8.28. The molecule has 1 fully saturated rings. The van der Waals surface area contributed by atoms with Crippen molar-refractivity contribution < 1.29 is 37.4 Å². The lowest BCUT2D eigenvalue weighted by Crippen LogP contribution is -2.35. The number of carboxylic acids is 1. The van der Waals surface area contributed by atoms with E-state index in [0.29, 0.717) is 12.1 Å². The van der Waals surface area contributed by atoms with Gasteiger partial charge >= 0.3 is 24.1 Å². The third kappa shape index (κ3) is 5.35. The van der Waals surface area contributed by atoms with E-state index in [9.17, 15) is 27.6 Å². The molecule has 0 radical (unpaired) electrons. The number of carbonyl (C=O) groups excluding carboxylic acids is 2. The van der Waals surface area contributed by atoms with E-state index in [-0.39, 0.29) is 12.4 Å². The SMILES string of the molecule is COC(=O)CCc1ccc(NC(=O)N2C[C@@H](C(F)(F)F)[C@H](C(=O)O)C2)cc1. The van der Waals surface area contributed by atoms with Gasteiger partial charge in [0, 0.05) is 25.2 Å². The number of nitrogens with one attached hydrogen (secondary N) is 1. The lowest BCUT2D eigenvalue weighted by molar-refractivity contribution is -0.187. The Morgan fingerprint density at radius 2 is 1.85 bits per heavy atom. The average molecular weight is 388 g/mol. The number of hydrogen-bond acceptors (Lipinski definition) is 4. The quantitative estimate of drug-likeness (QED) is 0.756. The molecular formula is C17H19F3N2O5. The van der Waals surface area contributed by atoms with Crippen LogP contribution >= 0.6 is 0 Å². The molecule has 0 saturated carbocycles. The van der Waals surface area contributed by atoms with E-state index in [1.54, 1.807) is 24.3 Å². The average Bonchev–Trinajstić information content (AvgIpc) is 3.07. The molecule has 0 aliphatic carbocycles. The van der Waals surface area contributed by atoms with Crippen LogP contribution in [0.15, 0.2) is 24.3 Å². The number of nitrogens with zero attached hydrogens (tertiary/aromatic N) is 1. The molecule has 0 bridgehead atoms.